The second-order valence-corrected chi connectivity index (χ2v) is 10.2. The van der Waals surface area contributed by atoms with Gasteiger partial charge in [-0.2, -0.15) is 5.26 Å². The summed E-state index contributed by atoms with van der Waals surface area (Å²) in [6.07, 6.45) is 2.56. The molecule has 5 rings (SSSR count). The first-order chi connectivity index (χ1) is 21.0. The third-order valence-corrected chi connectivity index (χ3v) is 7.40. The number of likely N-dealkylation sites (N-methyl/N-ethyl adjacent to an activating group) is 1. The summed E-state index contributed by atoms with van der Waals surface area (Å²) >= 11 is 0. The summed E-state index contributed by atoms with van der Waals surface area (Å²) in [6, 6.07) is 21.3. The molecule has 4 aromatic rings. The van der Waals surface area contributed by atoms with Crippen molar-refractivity contribution in [3.05, 3.63) is 78.5 Å². The summed E-state index contributed by atoms with van der Waals surface area (Å²) in [4.78, 5) is 21.8. The molecule has 2 N–H and O–H groups in total. The quantitative estimate of drug-likeness (QED) is 0.209. The maximum atomic E-state index is 12.4. The van der Waals surface area contributed by atoms with Crippen LogP contribution in [-0.2, 0) is 0 Å². The van der Waals surface area contributed by atoms with Gasteiger partial charge in [-0.25, -0.2) is 4.79 Å². The zero-order chi connectivity index (χ0) is 30.0. The lowest BCUT2D eigenvalue weighted by atomic mass is 10.1. The number of fused-ring (bicyclic) bond motifs is 1. The average molecular weight is 581 g/mol. The minimum absolute atomic E-state index is 0.365. The third kappa shape index (κ3) is 7.92. The Balaban J connectivity index is 1.18. The number of hydrogen-bond donors (Lipinski definition) is 2. The number of nitriles is 1. The van der Waals surface area contributed by atoms with Crippen LogP contribution in [0.4, 0.5) is 16.2 Å². The van der Waals surface area contributed by atoms with E-state index in [2.05, 4.69) is 38.4 Å². The first-order valence-electron chi connectivity index (χ1n) is 14.4. The smallest absolute Gasteiger partial charge is 0.323 e. The molecule has 0 bridgehead atoms. The molecule has 1 aromatic heterocycles. The molecule has 0 aliphatic carbocycles. The summed E-state index contributed by atoms with van der Waals surface area (Å²) < 4.78 is 17.3. The molecule has 1 fully saturated rings. The van der Waals surface area contributed by atoms with E-state index in [1.807, 2.05) is 0 Å². The van der Waals surface area contributed by atoms with Gasteiger partial charge in [0.15, 0.2) is 0 Å². The van der Waals surface area contributed by atoms with E-state index in [-0.39, 0.29) is 6.03 Å². The topological polar surface area (TPSA) is 112 Å². The van der Waals surface area contributed by atoms with E-state index in [1.54, 1.807) is 80.0 Å². The highest BCUT2D eigenvalue weighted by Crippen LogP contribution is 2.33. The number of methoxy groups -OCH3 is 1. The minimum Gasteiger partial charge on any atom is -0.497 e. The molecule has 0 spiro atoms. The highest BCUT2D eigenvalue weighted by Gasteiger charge is 2.16. The second kappa shape index (κ2) is 14.4. The van der Waals surface area contributed by atoms with Crippen LogP contribution in [0.25, 0.3) is 10.9 Å². The number of pyridine rings is 1. The van der Waals surface area contributed by atoms with E-state index in [9.17, 15) is 10.1 Å². The van der Waals surface area contributed by atoms with Crippen molar-refractivity contribution in [2.24, 2.45) is 0 Å². The Kier molecular flexibility index (Phi) is 9.90. The SMILES string of the molecule is CCN1CCN(CCCOc2cc3nccc(Oc4ccc(NC(=O)Nc5ccc(OC)cc5)cc4)c3cc2C#N)CC1. The monoisotopic (exact) mass is 580 g/mol. The molecular formula is C33H36N6O4. The number of piperazine rings is 1. The summed E-state index contributed by atoms with van der Waals surface area (Å²) in [5.41, 5.74) is 2.36. The van der Waals surface area contributed by atoms with Crippen molar-refractivity contribution in [3.63, 3.8) is 0 Å². The van der Waals surface area contributed by atoms with Gasteiger partial charge < -0.3 is 34.6 Å². The van der Waals surface area contributed by atoms with E-state index in [0.717, 1.165) is 45.7 Å². The van der Waals surface area contributed by atoms with Crippen molar-refractivity contribution in [3.8, 4) is 29.1 Å². The van der Waals surface area contributed by atoms with Crippen LogP contribution in [0.3, 0.4) is 0 Å². The third-order valence-electron chi connectivity index (χ3n) is 7.40. The number of carbonyl (C=O) groups excluding carboxylic acids is 1. The molecule has 0 atom stereocenters. The molecule has 10 heteroatoms. The number of urea groups is 1. The van der Waals surface area contributed by atoms with Crippen LogP contribution < -0.4 is 24.8 Å². The van der Waals surface area contributed by atoms with Crippen molar-refractivity contribution >= 4 is 28.3 Å². The molecule has 10 nitrogen and oxygen atoms in total. The summed E-state index contributed by atoms with van der Waals surface area (Å²) in [5, 5.41) is 16.1. The molecule has 1 aliphatic heterocycles. The van der Waals surface area contributed by atoms with E-state index < -0.39 is 0 Å². The van der Waals surface area contributed by atoms with Gasteiger partial charge in [-0.15, -0.1) is 0 Å². The van der Waals surface area contributed by atoms with Gasteiger partial charge in [-0.1, -0.05) is 6.92 Å². The van der Waals surface area contributed by atoms with E-state index in [0.29, 0.717) is 57.4 Å². The number of hydrogen-bond acceptors (Lipinski definition) is 8. The van der Waals surface area contributed by atoms with Crippen LogP contribution in [0.2, 0.25) is 0 Å². The number of anilines is 2. The first kappa shape index (κ1) is 29.6. The van der Waals surface area contributed by atoms with E-state index >= 15 is 0 Å². The number of benzene rings is 3. The van der Waals surface area contributed by atoms with Gasteiger partial charge >= 0.3 is 6.03 Å². The predicted molar refractivity (Wildman–Crippen MR) is 167 cm³/mol. The van der Waals surface area contributed by atoms with Gasteiger partial charge in [0.05, 0.1) is 24.8 Å². The minimum atomic E-state index is -0.365. The van der Waals surface area contributed by atoms with Gasteiger partial charge in [0.2, 0.25) is 0 Å². The van der Waals surface area contributed by atoms with E-state index in [4.69, 9.17) is 14.2 Å². The van der Waals surface area contributed by atoms with Crippen LogP contribution in [0.5, 0.6) is 23.0 Å². The van der Waals surface area contributed by atoms with Crippen LogP contribution in [-0.4, -0.2) is 73.8 Å². The molecule has 2 heterocycles. The Morgan fingerprint density at radius 2 is 1.56 bits per heavy atom. The number of carbonyl (C=O) groups is 1. The molecule has 0 radical (unpaired) electrons. The van der Waals surface area contributed by atoms with Crippen molar-refractivity contribution in [2.75, 3.05) is 63.6 Å². The Labute approximate surface area is 251 Å². The average Bonchev–Trinajstić information content (AvgIpc) is 3.04. The van der Waals surface area contributed by atoms with Crippen molar-refractivity contribution in [1.29, 1.82) is 5.26 Å². The summed E-state index contributed by atoms with van der Waals surface area (Å²) in [5.74, 6) is 2.38. The zero-order valence-electron chi connectivity index (χ0n) is 24.5. The molecular weight excluding hydrogens is 544 g/mol. The van der Waals surface area contributed by atoms with Crippen LogP contribution >= 0.6 is 0 Å². The molecule has 0 saturated carbocycles. The number of nitrogens with zero attached hydrogens (tertiary/aromatic N) is 4. The normalized spacial score (nSPS) is 13.7. The van der Waals surface area contributed by atoms with Crippen molar-refractivity contribution < 1.29 is 19.0 Å². The molecule has 0 unspecified atom stereocenters. The van der Waals surface area contributed by atoms with E-state index in [1.165, 1.54) is 0 Å². The Bertz CT molecular complexity index is 1560. The number of ether oxygens (including phenoxy) is 3. The number of aromatic nitrogens is 1. The fourth-order valence-corrected chi connectivity index (χ4v) is 4.94. The molecule has 43 heavy (non-hydrogen) atoms. The van der Waals surface area contributed by atoms with Gasteiger partial charge in [0, 0.05) is 61.7 Å². The second-order valence-electron chi connectivity index (χ2n) is 10.2. The predicted octanol–water partition coefficient (Wildman–Crippen LogP) is 5.96. The molecule has 1 aliphatic rings. The van der Waals surface area contributed by atoms with Gasteiger partial charge in [-0.05, 0) is 73.6 Å². The van der Waals surface area contributed by atoms with Crippen LogP contribution in [0, 0.1) is 11.3 Å². The molecule has 1 saturated heterocycles. The highest BCUT2D eigenvalue weighted by molar-refractivity contribution is 5.99. The Morgan fingerprint density at radius 1 is 0.907 bits per heavy atom. The maximum Gasteiger partial charge on any atom is 0.323 e. The van der Waals surface area contributed by atoms with Crippen LogP contribution in [0.1, 0.15) is 18.9 Å². The Morgan fingerprint density at radius 3 is 2.19 bits per heavy atom. The van der Waals surface area contributed by atoms with Gasteiger partial charge in [-0.3, -0.25) is 4.98 Å². The number of nitrogens with one attached hydrogen (secondary N) is 2. The molecule has 2 amide bonds. The van der Waals surface area contributed by atoms with Crippen molar-refractivity contribution in [1.82, 2.24) is 14.8 Å². The highest BCUT2D eigenvalue weighted by atomic mass is 16.5. The van der Waals surface area contributed by atoms with Crippen molar-refractivity contribution in [2.45, 2.75) is 13.3 Å². The van der Waals surface area contributed by atoms with Gasteiger partial charge in [0.1, 0.15) is 29.1 Å². The fourth-order valence-electron chi connectivity index (χ4n) is 4.94. The fraction of sp³-hybridized carbons (Fsp3) is 0.303. The summed E-state index contributed by atoms with van der Waals surface area (Å²) in [6.45, 7) is 9.20. The lowest BCUT2D eigenvalue weighted by Gasteiger charge is -2.33. The van der Waals surface area contributed by atoms with Crippen LogP contribution in [0.15, 0.2) is 72.9 Å². The molecule has 3 aromatic carbocycles. The lowest BCUT2D eigenvalue weighted by Crippen LogP contribution is -2.46. The van der Waals surface area contributed by atoms with Gasteiger partial charge in [0.25, 0.3) is 0 Å². The Hall–Kier alpha value is -4.85. The first-order valence-corrected chi connectivity index (χ1v) is 14.4. The number of rotatable bonds is 11. The largest absolute Gasteiger partial charge is 0.497 e. The standard InChI is InChI=1S/C33H36N6O4/c1-3-38-16-18-39(19-17-38)15-4-20-42-32-22-30-29(21-24(32)23-34)31(13-14-35-30)43-28-11-7-26(8-12-28)37-33(40)36-25-5-9-27(41-2)10-6-25/h5-14,21-22H,3-4,15-20H2,1-2H3,(H2,36,37,40). The zero-order valence-corrected chi connectivity index (χ0v) is 24.5. The summed E-state index contributed by atoms with van der Waals surface area (Å²) in [7, 11) is 1.59. The maximum absolute atomic E-state index is 12.4. The number of amides is 2. The lowest BCUT2D eigenvalue weighted by molar-refractivity contribution is 0.130. The molecule has 222 valence electrons.